The lowest BCUT2D eigenvalue weighted by atomic mass is 10.2. The molecule has 1 heterocycles. The van der Waals surface area contributed by atoms with Gasteiger partial charge in [-0.05, 0) is 24.3 Å². The number of anilines is 1. The van der Waals surface area contributed by atoms with Gasteiger partial charge in [0.25, 0.3) is 5.91 Å². The minimum absolute atomic E-state index is 0.235. The van der Waals surface area contributed by atoms with Gasteiger partial charge in [0.1, 0.15) is 10.8 Å². The average Bonchev–Trinajstić information content (AvgIpc) is 2.70. The molecule has 90 valence electrons. The summed E-state index contributed by atoms with van der Waals surface area (Å²) in [6.45, 7) is 0. The van der Waals surface area contributed by atoms with Crippen molar-refractivity contribution in [3.63, 3.8) is 0 Å². The molecule has 1 amide bonds. The van der Waals surface area contributed by atoms with Crippen molar-refractivity contribution in [3.8, 4) is 12.3 Å². The predicted octanol–water partition coefficient (Wildman–Crippen LogP) is 3.56. The van der Waals surface area contributed by atoms with E-state index < -0.39 is 0 Å². The number of aromatic amines is 1. The summed E-state index contributed by atoms with van der Waals surface area (Å²) in [5, 5.41) is 3.23. The molecule has 0 saturated carbocycles. The lowest BCUT2D eigenvalue weighted by molar-refractivity contribution is 0.102. The third kappa shape index (κ3) is 2.67. The second kappa shape index (κ2) is 5.18. The van der Waals surface area contributed by atoms with Crippen molar-refractivity contribution >= 4 is 34.8 Å². The standard InChI is InChI=1S/C13H8Cl2N2O/c1-2-8-4-3-5-9(6-8)16-13(18)11-7-10(14)12(15)17-11/h1,3-7,17H,(H,16,18). The Labute approximate surface area is 114 Å². The minimum atomic E-state index is -0.335. The first-order valence-corrected chi connectivity index (χ1v) is 5.78. The minimum Gasteiger partial charge on any atom is -0.340 e. The van der Waals surface area contributed by atoms with E-state index in [4.69, 9.17) is 29.6 Å². The zero-order valence-corrected chi connectivity index (χ0v) is 10.6. The van der Waals surface area contributed by atoms with Crippen LogP contribution in [-0.4, -0.2) is 10.9 Å². The fourth-order valence-corrected chi connectivity index (χ4v) is 1.72. The first kappa shape index (κ1) is 12.6. The van der Waals surface area contributed by atoms with Crippen molar-refractivity contribution < 1.29 is 4.79 Å². The van der Waals surface area contributed by atoms with E-state index in [9.17, 15) is 4.79 Å². The second-order valence-corrected chi connectivity index (χ2v) is 4.31. The molecule has 3 nitrogen and oxygen atoms in total. The number of terminal acetylenes is 1. The monoisotopic (exact) mass is 278 g/mol. The van der Waals surface area contributed by atoms with Crippen molar-refractivity contribution in [2.45, 2.75) is 0 Å². The third-order valence-electron chi connectivity index (χ3n) is 2.26. The summed E-state index contributed by atoms with van der Waals surface area (Å²) in [5.74, 6) is 2.16. The number of carbonyl (C=O) groups is 1. The third-order valence-corrected chi connectivity index (χ3v) is 2.95. The van der Waals surface area contributed by atoms with Crippen LogP contribution in [0.15, 0.2) is 30.3 Å². The maximum Gasteiger partial charge on any atom is 0.272 e. The first-order valence-electron chi connectivity index (χ1n) is 5.02. The average molecular weight is 279 g/mol. The van der Waals surface area contributed by atoms with E-state index in [2.05, 4.69) is 16.2 Å². The van der Waals surface area contributed by atoms with Crippen LogP contribution in [0.2, 0.25) is 10.2 Å². The molecule has 5 heteroatoms. The van der Waals surface area contributed by atoms with Crippen LogP contribution in [-0.2, 0) is 0 Å². The van der Waals surface area contributed by atoms with Crippen LogP contribution in [0, 0.1) is 12.3 Å². The van der Waals surface area contributed by atoms with Gasteiger partial charge in [-0.25, -0.2) is 0 Å². The highest BCUT2D eigenvalue weighted by molar-refractivity contribution is 6.41. The van der Waals surface area contributed by atoms with E-state index in [0.29, 0.717) is 16.3 Å². The van der Waals surface area contributed by atoms with Crippen LogP contribution >= 0.6 is 23.2 Å². The quantitative estimate of drug-likeness (QED) is 0.811. The van der Waals surface area contributed by atoms with E-state index in [-0.39, 0.29) is 16.8 Å². The highest BCUT2D eigenvalue weighted by Gasteiger charge is 2.11. The molecule has 0 aliphatic heterocycles. The number of carbonyl (C=O) groups excluding carboxylic acids is 1. The number of benzene rings is 1. The molecular weight excluding hydrogens is 271 g/mol. The second-order valence-electron chi connectivity index (χ2n) is 3.52. The molecule has 0 aliphatic carbocycles. The van der Waals surface area contributed by atoms with Gasteiger partial charge in [-0.2, -0.15) is 0 Å². The summed E-state index contributed by atoms with van der Waals surface area (Å²) in [6.07, 6.45) is 5.28. The Hall–Kier alpha value is -1.89. The van der Waals surface area contributed by atoms with Gasteiger partial charge in [-0.15, -0.1) is 6.42 Å². The van der Waals surface area contributed by atoms with E-state index in [1.165, 1.54) is 6.07 Å². The largest absolute Gasteiger partial charge is 0.340 e. The SMILES string of the molecule is C#Cc1cccc(NC(=O)c2cc(Cl)c(Cl)[nH]2)c1. The van der Waals surface area contributed by atoms with Gasteiger partial charge in [0, 0.05) is 11.3 Å². The smallest absolute Gasteiger partial charge is 0.272 e. The van der Waals surface area contributed by atoms with Crippen LogP contribution in [0.1, 0.15) is 16.1 Å². The summed E-state index contributed by atoms with van der Waals surface area (Å²) >= 11 is 11.5. The molecule has 0 saturated heterocycles. The van der Waals surface area contributed by atoms with Crippen molar-refractivity contribution in [1.82, 2.24) is 4.98 Å². The van der Waals surface area contributed by atoms with E-state index in [1.807, 2.05) is 0 Å². The molecule has 0 spiro atoms. The summed E-state index contributed by atoms with van der Waals surface area (Å²) in [6, 6.07) is 8.44. The molecule has 0 fully saturated rings. The molecular formula is C13H8Cl2N2O. The highest BCUT2D eigenvalue weighted by Crippen LogP contribution is 2.22. The molecule has 1 aromatic heterocycles. The summed E-state index contributed by atoms with van der Waals surface area (Å²) in [5.41, 5.74) is 1.59. The van der Waals surface area contributed by atoms with Gasteiger partial charge in [-0.1, -0.05) is 35.2 Å². The lowest BCUT2D eigenvalue weighted by Crippen LogP contribution is -2.12. The number of hydrogen-bond acceptors (Lipinski definition) is 1. The van der Waals surface area contributed by atoms with Crippen LogP contribution in [0.5, 0.6) is 0 Å². The maximum absolute atomic E-state index is 11.9. The number of H-pyrrole nitrogens is 1. The Morgan fingerprint density at radius 1 is 1.33 bits per heavy atom. The summed E-state index contributed by atoms with van der Waals surface area (Å²) < 4.78 is 0. The molecule has 2 N–H and O–H groups in total. The van der Waals surface area contributed by atoms with Gasteiger partial charge >= 0.3 is 0 Å². The van der Waals surface area contributed by atoms with Crippen LogP contribution in [0.3, 0.4) is 0 Å². The van der Waals surface area contributed by atoms with Gasteiger partial charge < -0.3 is 10.3 Å². The number of halogens is 2. The fraction of sp³-hybridized carbons (Fsp3) is 0. The van der Waals surface area contributed by atoms with Crippen LogP contribution < -0.4 is 5.32 Å². The Morgan fingerprint density at radius 3 is 2.72 bits per heavy atom. The Balaban J connectivity index is 2.19. The molecule has 0 atom stereocenters. The highest BCUT2D eigenvalue weighted by atomic mass is 35.5. The van der Waals surface area contributed by atoms with Crippen LogP contribution in [0.4, 0.5) is 5.69 Å². The fourth-order valence-electron chi connectivity index (χ4n) is 1.41. The molecule has 0 radical (unpaired) electrons. The van der Waals surface area contributed by atoms with E-state index >= 15 is 0 Å². The normalized spacial score (nSPS) is 9.83. The van der Waals surface area contributed by atoms with Gasteiger partial charge in [0.2, 0.25) is 0 Å². The number of hydrogen-bond donors (Lipinski definition) is 2. The molecule has 2 aromatic rings. The number of amides is 1. The maximum atomic E-state index is 11.9. The van der Waals surface area contributed by atoms with E-state index in [0.717, 1.165) is 0 Å². The van der Waals surface area contributed by atoms with Crippen molar-refractivity contribution in [3.05, 3.63) is 51.8 Å². The lowest BCUT2D eigenvalue weighted by Gasteiger charge is -2.03. The zero-order chi connectivity index (χ0) is 13.1. The van der Waals surface area contributed by atoms with Gasteiger partial charge in [0.05, 0.1) is 5.02 Å². The van der Waals surface area contributed by atoms with Crippen molar-refractivity contribution in [2.75, 3.05) is 5.32 Å². The first-order chi connectivity index (χ1) is 8.60. The Morgan fingerprint density at radius 2 is 2.11 bits per heavy atom. The van der Waals surface area contributed by atoms with Crippen molar-refractivity contribution in [1.29, 1.82) is 0 Å². The molecule has 0 unspecified atom stereocenters. The van der Waals surface area contributed by atoms with Gasteiger partial charge in [0.15, 0.2) is 0 Å². The topological polar surface area (TPSA) is 44.9 Å². The van der Waals surface area contributed by atoms with E-state index in [1.54, 1.807) is 24.3 Å². The molecule has 1 aromatic carbocycles. The van der Waals surface area contributed by atoms with Gasteiger partial charge in [-0.3, -0.25) is 4.79 Å². The predicted molar refractivity (Wildman–Crippen MR) is 73.1 cm³/mol. The van der Waals surface area contributed by atoms with Crippen molar-refractivity contribution in [2.24, 2.45) is 0 Å². The molecule has 18 heavy (non-hydrogen) atoms. The zero-order valence-electron chi connectivity index (χ0n) is 9.13. The number of nitrogens with one attached hydrogen (secondary N) is 2. The Kier molecular flexibility index (Phi) is 3.61. The number of aromatic nitrogens is 1. The Bertz CT molecular complexity index is 621. The molecule has 0 bridgehead atoms. The number of rotatable bonds is 2. The molecule has 2 rings (SSSR count). The summed E-state index contributed by atoms with van der Waals surface area (Å²) in [4.78, 5) is 14.5. The molecule has 0 aliphatic rings. The van der Waals surface area contributed by atoms with Crippen LogP contribution in [0.25, 0.3) is 0 Å². The summed E-state index contributed by atoms with van der Waals surface area (Å²) in [7, 11) is 0.